The maximum Gasteiger partial charge on any atom is 0.313 e. The van der Waals surface area contributed by atoms with E-state index in [0.717, 1.165) is 32.7 Å². The van der Waals surface area contributed by atoms with Crippen LogP contribution in [0.5, 0.6) is 0 Å². The van der Waals surface area contributed by atoms with Gasteiger partial charge in [0, 0.05) is 45.9 Å². The summed E-state index contributed by atoms with van der Waals surface area (Å²) >= 11 is 0. The molecule has 1 unspecified atom stereocenters. The number of piperazine rings is 1. The van der Waals surface area contributed by atoms with Crippen molar-refractivity contribution in [1.82, 2.24) is 9.80 Å². The Kier molecular flexibility index (Phi) is 4.81. The maximum atomic E-state index is 11.5. The van der Waals surface area contributed by atoms with E-state index < -0.39 is 11.4 Å². The molecule has 0 aliphatic carbocycles. The van der Waals surface area contributed by atoms with Crippen molar-refractivity contribution in [2.24, 2.45) is 11.3 Å². The monoisotopic (exact) mass is 270 g/mol. The van der Waals surface area contributed by atoms with E-state index >= 15 is 0 Å². The van der Waals surface area contributed by atoms with E-state index in [9.17, 15) is 9.90 Å². The topological polar surface area (TPSA) is 53.0 Å². The van der Waals surface area contributed by atoms with Gasteiger partial charge in [0.15, 0.2) is 0 Å². The standard InChI is InChI=1S/C14H26N2O3/c1-12(2)9-15-4-6-16(7-5-15)10-14(13(17)18)3-8-19-11-14/h12H,3-11H2,1-2H3,(H,17,18). The predicted molar refractivity (Wildman–Crippen MR) is 73.2 cm³/mol. The van der Waals surface area contributed by atoms with Crippen molar-refractivity contribution in [3.8, 4) is 0 Å². The fourth-order valence-electron chi connectivity index (χ4n) is 3.04. The zero-order valence-corrected chi connectivity index (χ0v) is 12.1. The lowest BCUT2D eigenvalue weighted by Gasteiger charge is -2.38. The molecule has 2 saturated heterocycles. The molecule has 2 fully saturated rings. The largest absolute Gasteiger partial charge is 0.481 e. The third-order valence-electron chi connectivity index (χ3n) is 4.17. The van der Waals surface area contributed by atoms with Crippen molar-refractivity contribution in [2.45, 2.75) is 20.3 Å². The second kappa shape index (κ2) is 6.20. The minimum absolute atomic E-state index is 0.370. The fourth-order valence-corrected chi connectivity index (χ4v) is 3.04. The van der Waals surface area contributed by atoms with E-state index in [4.69, 9.17) is 4.74 Å². The third-order valence-corrected chi connectivity index (χ3v) is 4.17. The lowest BCUT2D eigenvalue weighted by molar-refractivity contribution is -0.150. The van der Waals surface area contributed by atoms with Gasteiger partial charge in [0.25, 0.3) is 0 Å². The first kappa shape index (κ1) is 14.8. The Balaban J connectivity index is 1.83. The molecule has 5 nitrogen and oxygen atoms in total. The van der Waals surface area contributed by atoms with Crippen LogP contribution in [0.2, 0.25) is 0 Å². The quantitative estimate of drug-likeness (QED) is 0.799. The van der Waals surface area contributed by atoms with Gasteiger partial charge in [-0.2, -0.15) is 0 Å². The van der Waals surface area contributed by atoms with Gasteiger partial charge in [0.1, 0.15) is 5.41 Å². The van der Waals surface area contributed by atoms with Crippen LogP contribution in [0.3, 0.4) is 0 Å². The molecule has 110 valence electrons. The molecule has 0 amide bonds. The SMILES string of the molecule is CC(C)CN1CCN(CC2(C(=O)O)CCOC2)CC1. The first-order valence-corrected chi connectivity index (χ1v) is 7.28. The smallest absolute Gasteiger partial charge is 0.313 e. The molecule has 0 spiro atoms. The third kappa shape index (κ3) is 3.68. The summed E-state index contributed by atoms with van der Waals surface area (Å²) in [6, 6.07) is 0. The molecule has 0 aromatic rings. The zero-order valence-electron chi connectivity index (χ0n) is 12.1. The lowest BCUT2D eigenvalue weighted by Crippen LogP contribution is -2.52. The van der Waals surface area contributed by atoms with Crippen molar-refractivity contribution in [3.63, 3.8) is 0 Å². The number of aliphatic carboxylic acids is 1. The highest BCUT2D eigenvalue weighted by Crippen LogP contribution is 2.30. The Morgan fingerprint density at radius 3 is 2.37 bits per heavy atom. The lowest BCUT2D eigenvalue weighted by atomic mass is 9.86. The van der Waals surface area contributed by atoms with Gasteiger partial charge < -0.3 is 14.7 Å². The molecule has 2 heterocycles. The minimum atomic E-state index is -0.699. The molecule has 0 bridgehead atoms. The number of rotatable bonds is 5. The molecule has 2 rings (SSSR count). The van der Waals surface area contributed by atoms with E-state index in [1.54, 1.807) is 0 Å². The number of hydrogen-bond acceptors (Lipinski definition) is 4. The van der Waals surface area contributed by atoms with E-state index in [1.165, 1.54) is 0 Å². The van der Waals surface area contributed by atoms with Crippen LogP contribution in [0.15, 0.2) is 0 Å². The van der Waals surface area contributed by atoms with E-state index in [-0.39, 0.29) is 0 Å². The van der Waals surface area contributed by atoms with Crippen LogP contribution in [0, 0.1) is 11.3 Å². The molecule has 5 heteroatoms. The van der Waals surface area contributed by atoms with Crippen molar-refractivity contribution >= 4 is 5.97 Å². The Morgan fingerprint density at radius 2 is 1.89 bits per heavy atom. The normalized spacial score (nSPS) is 30.1. The van der Waals surface area contributed by atoms with Crippen molar-refractivity contribution in [2.75, 3.05) is 52.5 Å². The van der Waals surface area contributed by atoms with Gasteiger partial charge in [0.05, 0.1) is 6.61 Å². The summed E-state index contributed by atoms with van der Waals surface area (Å²) in [5.74, 6) is -0.00486. The van der Waals surface area contributed by atoms with Gasteiger partial charge >= 0.3 is 5.97 Å². The van der Waals surface area contributed by atoms with Gasteiger partial charge in [0.2, 0.25) is 0 Å². The number of carboxylic acids is 1. The Labute approximate surface area is 115 Å². The summed E-state index contributed by atoms with van der Waals surface area (Å²) in [4.78, 5) is 16.3. The highest BCUT2D eigenvalue weighted by Gasteiger charge is 2.44. The van der Waals surface area contributed by atoms with Crippen LogP contribution in [-0.2, 0) is 9.53 Å². The fraction of sp³-hybridized carbons (Fsp3) is 0.929. The number of carboxylic acid groups (broad SMARTS) is 1. The van der Waals surface area contributed by atoms with Crippen LogP contribution >= 0.6 is 0 Å². The van der Waals surface area contributed by atoms with Crippen LogP contribution in [0.4, 0.5) is 0 Å². The van der Waals surface area contributed by atoms with Crippen LogP contribution in [-0.4, -0.2) is 73.4 Å². The highest BCUT2D eigenvalue weighted by molar-refractivity contribution is 5.75. The van der Waals surface area contributed by atoms with Gasteiger partial charge in [-0.3, -0.25) is 9.69 Å². The van der Waals surface area contributed by atoms with E-state index in [1.807, 2.05) is 0 Å². The molecular weight excluding hydrogens is 244 g/mol. The summed E-state index contributed by atoms with van der Waals surface area (Å²) < 4.78 is 5.32. The second-order valence-corrected chi connectivity index (χ2v) is 6.36. The second-order valence-electron chi connectivity index (χ2n) is 6.36. The van der Waals surface area contributed by atoms with Crippen molar-refractivity contribution in [1.29, 1.82) is 0 Å². The molecule has 0 saturated carbocycles. The number of nitrogens with zero attached hydrogens (tertiary/aromatic N) is 2. The predicted octanol–water partition coefficient (Wildman–Crippen LogP) is 0.751. The maximum absolute atomic E-state index is 11.5. The summed E-state index contributed by atoms with van der Waals surface area (Å²) in [6.07, 6.45) is 0.647. The molecule has 0 radical (unpaired) electrons. The Morgan fingerprint density at radius 1 is 1.26 bits per heavy atom. The Hall–Kier alpha value is -0.650. The molecule has 2 aliphatic rings. The highest BCUT2D eigenvalue weighted by atomic mass is 16.5. The van der Waals surface area contributed by atoms with Crippen LogP contribution in [0.25, 0.3) is 0 Å². The van der Waals surface area contributed by atoms with Gasteiger partial charge in [-0.15, -0.1) is 0 Å². The number of ether oxygens (including phenoxy) is 1. The summed E-state index contributed by atoms with van der Waals surface area (Å²) in [6.45, 7) is 11.3. The van der Waals surface area contributed by atoms with Crippen molar-refractivity contribution < 1.29 is 14.6 Å². The van der Waals surface area contributed by atoms with E-state index in [2.05, 4.69) is 23.6 Å². The van der Waals surface area contributed by atoms with Crippen molar-refractivity contribution in [3.05, 3.63) is 0 Å². The first-order valence-electron chi connectivity index (χ1n) is 7.28. The van der Waals surface area contributed by atoms with Crippen LogP contribution < -0.4 is 0 Å². The number of hydrogen-bond donors (Lipinski definition) is 1. The first-order chi connectivity index (χ1) is 9.02. The number of carbonyl (C=O) groups is 1. The summed E-state index contributed by atoms with van der Waals surface area (Å²) in [5.41, 5.74) is -0.666. The van der Waals surface area contributed by atoms with Gasteiger partial charge in [-0.05, 0) is 12.3 Å². The molecular formula is C14H26N2O3. The van der Waals surface area contributed by atoms with Gasteiger partial charge in [-0.25, -0.2) is 0 Å². The average molecular weight is 270 g/mol. The molecule has 1 atom stereocenters. The molecule has 0 aromatic heterocycles. The summed E-state index contributed by atoms with van der Waals surface area (Å²) in [7, 11) is 0. The molecule has 19 heavy (non-hydrogen) atoms. The van der Waals surface area contributed by atoms with Gasteiger partial charge in [-0.1, -0.05) is 13.8 Å². The summed E-state index contributed by atoms with van der Waals surface area (Å²) in [5, 5.41) is 9.45. The van der Waals surface area contributed by atoms with Crippen LogP contribution in [0.1, 0.15) is 20.3 Å². The minimum Gasteiger partial charge on any atom is -0.481 e. The molecule has 1 N–H and O–H groups in total. The average Bonchev–Trinajstić information content (AvgIpc) is 2.81. The Bertz CT molecular complexity index is 306. The molecule has 2 aliphatic heterocycles. The zero-order chi connectivity index (χ0) is 13.9. The van der Waals surface area contributed by atoms with E-state index in [0.29, 0.717) is 32.1 Å². The molecule has 0 aromatic carbocycles.